The number of rotatable bonds is 3. The van der Waals surface area contributed by atoms with E-state index in [9.17, 15) is 14.7 Å². The van der Waals surface area contributed by atoms with Crippen LogP contribution in [-0.2, 0) is 4.79 Å². The van der Waals surface area contributed by atoms with E-state index >= 15 is 0 Å². The van der Waals surface area contributed by atoms with Gasteiger partial charge in [0, 0.05) is 26.2 Å². The number of piperazine rings is 1. The molecule has 114 valence electrons. The van der Waals surface area contributed by atoms with Crippen molar-refractivity contribution in [1.82, 2.24) is 9.80 Å². The van der Waals surface area contributed by atoms with E-state index in [0.717, 1.165) is 0 Å². The largest absolute Gasteiger partial charge is 0.508 e. The Morgan fingerprint density at radius 1 is 1.24 bits per heavy atom. The summed E-state index contributed by atoms with van der Waals surface area (Å²) in [7, 11) is 0. The standard InChI is InChI=1S/C14H17ClN2O4/c1-9(14(20)21)16-4-6-17(7-5-16)13(19)11-8-10(18)2-3-12(11)15/h2-3,8-9,18H,4-7H2,1H3,(H,20,21). The summed E-state index contributed by atoms with van der Waals surface area (Å²) in [5.74, 6) is -1.13. The molecule has 1 aromatic carbocycles. The molecule has 2 N–H and O–H groups in total. The highest BCUT2D eigenvalue weighted by Crippen LogP contribution is 2.23. The number of aliphatic carboxylic acids is 1. The highest BCUT2D eigenvalue weighted by Gasteiger charge is 2.28. The number of carboxylic acid groups (broad SMARTS) is 1. The van der Waals surface area contributed by atoms with Gasteiger partial charge in [0.1, 0.15) is 11.8 Å². The Kier molecular flexibility index (Phi) is 4.69. The number of carbonyl (C=O) groups is 2. The molecule has 7 heteroatoms. The molecule has 6 nitrogen and oxygen atoms in total. The van der Waals surface area contributed by atoms with E-state index in [4.69, 9.17) is 16.7 Å². The number of carbonyl (C=O) groups excluding carboxylic acids is 1. The number of phenols is 1. The van der Waals surface area contributed by atoms with Crippen molar-refractivity contribution in [2.24, 2.45) is 0 Å². The van der Waals surface area contributed by atoms with Gasteiger partial charge < -0.3 is 15.1 Å². The minimum Gasteiger partial charge on any atom is -0.508 e. The summed E-state index contributed by atoms with van der Waals surface area (Å²) in [5.41, 5.74) is 0.261. The highest BCUT2D eigenvalue weighted by atomic mass is 35.5. The van der Waals surface area contributed by atoms with Crippen LogP contribution in [0.3, 0.4) is 0 Å². The normalized spacial score (nSPS) is 17.5. The predicted octanol–water partition coefficient (Wildman–Crippen LogP) is 1.28. The van der Waals surface area contributed by atoms with Crippen molar-refractivity contribution < 1.29 is 19.8 Å². The second-order valence-electron chi connectivity index (χ2n) is 5.01. The lowest BCUT2D eigenvalue weighted by molar-refractivity contribution is -0.143. The van der Waals surface area contributed by atoms with Gasteiger partial charge in [-0.25, -0.2) is 0 Å². The molecule has 1 heterocycles. The molecule has 1 aromatic rings. The third kappa shape index (κ3) is 3.46. The molecular formula is C14H17ClN2O4. The fourth-order valence-corrected chi connectivity index (χ4v) is 2.51. The van der Waals surface area contributed by atoms with Gasteiger partial charge in [-0.05, 0) is 25.1 Å². The molecule has 1 unspecified atom stereocenters. The Bertz CT molecular complexity index is 556. The fourth-order valence-electron chi connectivity index (χ4n) is 2.32. The maximum Gasteiger partial charge on any atom is 0.320 e. The van der Waals surface area contributed by atoms with E-state index in [0.29, 0.717) is 31.2 Å². The fraction of sp³-hybridized carbons (Fsp3) is 0.429. The van der Waals surface area contributed by atoms with Gasteiger partial charge in [0.05, 0.1) is 10.6 Å². The maximum atomic E-state index is 12.4. The van der Waals surface area contributed by atoms with Crippen molar-refractivity contribution >= 4 is 23.5 Å². The number of phenolic OH excluding ortho intramolecular Hbond substituents is 1. The van der Waals surface area contributed by atoms with Crippen LogP contribution < -0.4 is 0 Å². The van der Waals surface area contributed by atoms with Crippen LogP contribution in [0.15, 0.2) is 18.2 Å². The second kappa shape index (κ2) is 6.32. The highest BCUT2D eigenvalue weighted by molar-refractivity contribution is 6.33. The van der Waals surface area contributed by atoms with E-state index < -0.39 is 12.0 Å². The summed E-state index contributed by atoms with van der Waals surface area (Å²) in [6.45, 7) is 3.49. The Morgan fingerprint density at radius 3 is 2.43 bits per heavy atom. The Labute approximate surface area is 127 Å². The van der Waals surface area contributed by atoms with Crippen molar-refractivity contribution in [3.63, 3.8) is 0 Å². The van der Waals surface area contributed by atoms with Crippen molar-refractivity contribution in [3.05, 3.63) is 28.8 Å². The van der Waals surface area contributed by atoms with Crippen molar-refractivity contribution in [1.29, 1.82) is 0 Å². The summed E-state index contributed by atoms with van der Waals surface area (Å²) in [6.07, 6.45) is 0. The van der Waals surface area contributed by atoms with Crippen LogP contribution in [0.2, 0.25) is 5.02 Å². The van der Waals surface area contributed by atoms with Crippen LogP contribution in [0.5, 0.6) is 5.75 Å². The molecule has 21 heavy (non-hydrogen) atoms. The lowest BCUT2D eigenvalue weighted by atomic mass is 10.1. The molecule has 0 aromatic heterocycles. The Hall–Kier alpha value is -1.79. The average Bonchev–Trinajstić information content (AvgIpc) is 2.48. The number of benzene rings is 1. The van der Waals surface area contributed by atoms with E-state index in [1.807, 2.05) is 4.90 Å². The summed E-state index contributed by atoms with van der Waals surface area (Å²) < 4.78 is 0. The molecule has 2 rings (SSSR count). The molecule has 0 bridgehead atoms. The zero-order valence-corrected chi connectivity index (χ0v) is 12.4. The number of hydrogen-bond acceptors (Lipinski definition) is 4. The van der Waals surface area contributed by atoms with Crippen LogP contribution >= 0.6 is 11.6 Å². The number of aromatic hydroxyl groups is 1. The first-order valence-corrected chi connectivity index (χ1v) is 7.02. The van der Waals surface area contributed by atoms with Crippen molar-refractivity contribution in [3.8, 4) is 5.75 Å². The number of hydrogen-bond donors (Lipinski definition) is 2. The van der Waals surface area contributed by atoms with E-state index in [2.05, 4.69) is 0 Å². The van der Waals surface area contributed by atoms with Gasteiger partial charge in [-0.3, -0.25) is 14.5 Å². The van der Waals surface area contributed by atoms with Crippen molar-refractivity contribution in [2.45, 2.75) is 13.0 Å². The second-order valence-corrected chi connectivity index (χ2v) is 5.41. The van der Waals surface area contributed by atoms with Gasteiger partial charge in [0.25, 0.3) is 5.91 Å². The molecule has 1 atom stereocenters. The quantitative estimate of drug-likeness (QED) is 0.878. The third-order valence-electron chi connectivity index (χ3n) is 3.69. The summed E-state index contributed by atoms with van der Waals surface area (Å²) in [6, 6.07) is 3.68. The minimum atomic E-state index is -0.870. The van der Waals surface area contributed by atoms with Gasteiger partial charge in [-0.15, -0.1) is 0 Å². The monoisotopic (exact) mass is 312 g/mol. The third-order valence-corrected chi connectivity index (χ3v) is 4.02. The number of carboxylic acids is 1. The number of nitrogens with zero attached hydrogens (tertiary/aromatic N) is 2. The van der Waals surface area contributed by atoms with Crippen LogP contribution in [-0.4, -0.2) is 64.1 Å². The molecule has 1 aliphatic rings. The summed E-state index contributed by atoms with van der Waals surface area (Å²) >= 11 is 5.98. The first kappa shape index (κ1) is 15.6. The van der Waals surface area contributed by atoms with E-state index in [1.165, 1.54) is 18.2 Å². The number of halogens is 1. The first-order chi connectivity index (χ1) is 9.90. The topological polar surface area (TPSA) is 81.1 Å². The van der Waals surface area contributed by atoms with Crippen LogP contribution in [0.4, 0.5) is 0 Å². The molecule has 0 spiro atoms. The van der Waals surface area contributed by atoms with Gasteiger partial charge >= 0.3 is 5.97 Å². The Morgan fingerprint density at radius 2 is 1.86 bits per heavy atom. The lowest BCUT2D eigenvalue weighted by Gasteiger charge is -2.36. The molecular weight excluding hydrogens is 296 g/mol. The van der Waals surface area contributed by atoms with Gasteiger partial charge in [0.2, 0.25) is 0 Å². The zero-order valence-electron chi connectivity index (χ0n) is 11.6. The molecule has 1 amide bonds. The van der Waals surface area contributed by atoms with Crippen LogP contribution in [0, 0.1) is 0 Å². The van der Waals surface area contributed by atoms with Crippen LogP contribution in [0.25, 0.3) is 0 Å². The van der Waals surface area contributed by atoms with Gasteiger partial charge in [-0.1, -0.05) is 11.6 Å². The smallest absolute Gasteiger partial charge is 0.320 e. The first-order valence-electron chi connectivity index (χ1n) is 6.65. The summed E-state index contributed by atoms with van der Waals surface area (Å²) in [5, 5.41) is 18.7. The van der Waals surface area contributed by atoms with E-state index in [-0.39, 0.29) is 17.2 Å². The van der Waals surface area contributed by atoms with Gasteiger partial charge in [0.15, 0.2) is 0 Å². The molecule has 1 fully saturated rings. The van der Waals surface area contributed by atoms with E-state index in [1.54, 1.807) is 11.8 Å². The zero-order chi connectivity index (χ0) is 15.6. The molecule has 0 aliphatic carbocycles. The molecule has 0 saturated carbocycles. The van der Waals surface area contributed by atoms with Crippen molar-refractivity contribution in [2.75, 3.05) is 26.2 Å². The van der Waals surface area contributed by atoms with Crippen LogP contribution in [0.1, 0.15) is 17.3 Å². The molecule has 1 saturated heterocycles. The maximum absolute atomic E-state index is 12.4. The Balaban J connectivity index is 2.03. The SMILES string of the molecule is CC(C(=O)O)N1CCN(C(=O)c2cc(O)ccc2Cl)CC1. The average molecular weight is 313 g/mol. The molecule has 1 aliphatic heterocycles. The predicted molar refractivity (Wildman–Crippen MR) is 77.7 cm³/mol. The minimum absolute atomic E-state index is 0.0131. The molecule has 0 radical (unpaired) electrons. The lowest BCUT2D eigenvalue weighted by Crippen LogP contribution is -2.53. The summed E-state index contributed by atoms with van der Waals surface area (Å²) in [4.78, 5) is 26.8. The van der Waals surface area contributed by atoms with Gasteiger partial charge in [-0.2, -0.15) is 0 Å². The number of amides is 1.